The quantitative estimate of drug-likeness (QED) is 0.525. The Kier molecular flexibility index (Phi) is 6.23. The standard InChI is InChI=1S/C15H19BrN4O2S/c1-4-6-22-14-11(16)7-10(8-12(14)21-3)9-17-20-13(5-2)18-19-15(20)23/h4,7-8,17H,1,5-6,9H2,2-3H3,(H,19,23). The molecule has 0 bridgehead atoms. The van der Waals surface area contributed by atoms with Crippen molar-refractivity contribution >= 4 is 28.1 Å². The van der Waals surface area contributed by atoms with Gasteiger partial charge in [-0.1, -0.05) is 19.6 Å². The molecule has 2 N–H and O–H groups in total. The van der Waals surface area contributed by atoms with E-state index in [0.717, 1.165) is 22.3 Å². The van der Waals surface area contributed by atoms with E-state index in [2.05, 4.69) is 38.1 Å². The number of hydrogen-bond donors (Lipinski definition) is 2. The highest BCUT2D eigenvalue weighted by molar-refractivity contribution is 9.10. The third-order valence-electron chi connectivity index (χ3n) is 3.13. The molecule has 0 amide bonds. The van der Waals surface area contributed by atoms with Crippen LogP contribution in [0, 0.1) is 4.77 Å². The molecule has 8 heteroatoms. The van der Waals surface area contributed by atoms with E-state index < -0.39 is 0 Å². The largest absolute Gasteiger partial charge is 0.493 e. The summed E-state index contributed by atoms with van der Waals surface area (Å²) in [5, 5.41) is 6.95. The highest BCUT2D eigenvalue weighted by Crippen LogP contribution is 2.36. The number of aromatic amines is 1. The topological polar surface area (TPSA) is 64.1 Å². The zero-order valence-corrected chi connectivity index (χ0v) is 15.5. The van der Waals surface area contributed by atoms with Gasteiger partial charge in [0.25, 0.3) is 0 Å². The number of aryl methyl sites for hydroxylation is 1. The van der Waals surface area contributed by atoms with Gasteiger partial charge in [-0.25, -0.2) is 4.68 Å². The lowest BCUT2D eigenvalue weighted by molar-refractivity contribution is 0.324. The summed E-state index contributed by atoms with van der Waals surface area (Å²) in [7, 11) is 1.61. The molecule has 2 rings (SSSR count). The summed E-state index contributed by atoms with van der Waals surface area (Å²) in [4.78, 5) is 0. The van der Waals surface area contributed by atoms with Crippen molar-refractivity contribution < 1.29 is 9.47 Å². The second-order valence-electron chi connectivity index (χ2n) is 4.68. The van der Waals surface area contributed by atoms with Gasteiger partial charge in [-0.2, -0.15) is 5.10 Å². The van der Waals surface area contributed by atoms with E-state index in [0.29, 0.717) is 29.4 Å². The van der Waals surface area contributed by atoms with Gasteiger partial charge in [0.1, 0.15) is 6.61 Å². The number of hydrogen-bond acceptors (Lipinski definition) is 5. The molecule has 0 aliphatic carbocycles. The first kappa shape index (κ1) is 17.6. The zero-order chi connectivity index (χ0) is 16.8. The summed E-state index contributed by atoms with van der Waals surface area (Å²) >= 11 is 8.73. The Balaban J connectivity index is 2.20. The Morgan fingerprint density at radius 3 is 2.96 bits per heavy atom. The molecule has 2 aromatic rings. The monoisotopic (exact) mass is 398 g/mol. The second kappa shape index (κ2) is 8.16. The highest BCUT2D eigenvalue weighted by atomic mass is 79.9. The Morgan fingerprint density at radius 1 is 1.52 bits per heavy atom. The Morgan fingerprint density at radius 2 is 2.30 bits per heavy atom. The maximum atomic E-state index is 5.62. The predicted octanol–water partition coefficient (Wildman–Crippen LogP) is 3.58. The molecule has 1 aromatic heterocycles. The minimum absolute atomic E-state index is 0.413. The van der Waals surface area contributed by atoms with Crippen LogP contribution in [0.5, 0.6) is 11.5 Å². The molecule has 6 nitrogen and oxygen atoms in total. The zero-order valence-electron chi connectivity index (χ0n) is 13.1. The van der Waals surface area contributed by atoms with Crippen LogP contribution in [0.25, 0.3) is 0 Å². The summed E-state index contributed by atoms with van der Waals surface area (Å²) in [5.41, 5.74) is 4.27. The first-order chi connectivity index (χ1) is 11.1. The molecule has 0 unspecified atom stereocenters. The summed E-state index contributed by atoms with van der Waals surface area (Å²) in [5.74, 6) is 2.17. The first-order valence-corrected chi connectivity index (χ1v) is 8.31. The summed E-state index contributed by atoms with van der Waals surface area (Å²) in [6.07, 6.45) is 2.47. The summed E-state index contributed by atoms with van der Waals surface area (Å²) < 4.78 is 14.2. The van der Waals surface area contributed by atoms with Crippen molar-refractivity contribution in [1.29, 1.82) is 0 Å². The van der Waals surface area contributed by atoms with Crippen LogP contribution in [-0.2, 0) is 13.0 Å². The summed E-state index contributed by atoms with van der Waals surface area (Å²) in [6, 6.07) is 3.90. The fourth-order valence-electron chi connectivity index (χ4n) is 2.06. The molecule has 0 radical (unpaired) electrons. The van der Waals surface area contributed by atoms with Gasteiger partial charge >= 0.3 is 0 Å². The molecule has 0 spiro atoms. The van der Waals surface area contributed by atoms with Crippen molar-refractivity contribution in [2.45, 2.75) is 19.9 Å². The predicted molar refractivity (Wildman–Crippen MR) is 96.2 cm³/mol. The lowest BCUT2D eigenvalue weighted by atomic mass is 10.2. The van der Waals surface area contributed by atoms with Crippen LogP contribution in [-0.4, -0.2) is 28.6 Å². The van der Waals surface area contributed by atoms with Gasteiger partial charge in [0.15, 0.2) is 17.3 Å². The highest BCUT2D eigenvalue weighted by Gasteiger charge is 2.12. The van der Waals surface area contributed by atoms with Crippen molar-refractivity contribution in [2.24, 2.45) is 0 Å². The van der Waals surface area contributed by atoms with Gasteiger partial charge in [0.05, 0.1) is 18.1 Å². The molecule has 0 saturated carbocycles. The molecule has 0 aliphatic rings. The number of nitrogens with one attached hydrogen (secondary N) is 2. The van der Waals surface area contributed by atoms with Crippen molar-refractivity contribution in [3.63, 3.8) is 0 Å². The molecule has 1 heterocycles. The van der Waals surface area contributed by atoms with E-state index in [1.165, 1.54) is 0 Å². The van der Waals surface area contributed by atoms with E-state index in [-0.39, 0.29) is 0 Å². The van der Waals surface area contributed by atoms with Gasteiger partial charge in [-0.05, 0) is 45.8 Å². The van der Waals surface area contributed by atoms with E-state index in [9.17, 15) is 0 Å². The van der Waals surface area contributed by atoms with E-state index in [4.69, 9.17) is 21.7 Å². The first-order valence-electron chi connectivity index (χ1n) is 7.11. The fraction of sp³-hybridized carbons (Fsp3) is 0.333. The average molecular weight is 399 g/mol. The molecular weight excluding hydrogens is 380 g/mol. The average Bonchev–Trinajstić information content (AvgIpc) is 2.91. The lowest BCUT2D eigenvalue weighted by Gasteiger charge is -2.15. The van der Waals surface area contributed by atoms with Crippen LogP contribution in [0.2, 0.25) is 0 Å². The number of rotatable bonds is 8. The number of methoxy groups -OCH3 is 1. The van der Waals surface area contributed by atoms with Crippen LogP contribution in [0.3, 0.4) is 0 Å². The number of H-pyrrole nitrogens is 1. The molecule has 0 atom stereocenters. The Bertz CT molecular complexity index is 742. The van der Waals surface area contributed by atoms with Crippen molar-refractivity contribution in [1.82, 2.24) is 14.9 Å². The van der Waals surface area contributed by atoms with Crippen molar-refractivity contribution in [3.05, 3.63) is 45.4 Å². The van der Waals surface area contributed by atoms with Crippen LogP contribution >= 0.6 is 28.1 Å². The molecule has 0 saturated heterocycles. The van der Waals surface area contributed by atoms with E-state index >= 15 is 0 Å². The number of ether oxygens (including phenoxy) is 2. The van der Waals surface area contributed by atoms with Gasteiger partial charge in [-0.15, -0.1) is 0 Å². The maximum Gasteiger partial charge on any atom is 0.214 e. The molecular formula is C15H19BrN4O2S. The van der Waals surface area contributed by atoms with Crippen LogP contribution in [0.1, 0.15) is 18.3 Å². The van der Waals surface area contributed by atoms with Gasteiger partial charge < -0.3 is 14.9 Å². The number of aromatic nitrogens is 3. The van der Waals surface area contributed by atoms with Crippen molar-refractivity contribution in [2.75, 3.05) is 19.1 Å². The second-order valence-corrected chi connectivity index (χ2v) is 5.92. The van der Waals surface area contributed by atoms with Crippen LogP contribution < -0.4 is 14.9 Å². The molecule has 1 aromatic carbocycles. The normalized spacial score (nSPS) is 10.4. The summed E-state index contributed by atoms with van der Waals surface area (Å²) in [6.45, 7) is 6.65. The fourth-order valence-corrected chi connectivity index (χ4v) is 2.88. The molecule has 0 aliphatic heterocycles. The SMILES string of the molecule is C=CCOc1c(Br)cc(CNn2c(CC)n[nH]c2=S)cc1OC. The Labute approximate surface area is 148 Å². The maximum absolute atomic E-state index is 5.62. The minimum atomic E-state index is 0.413. The molecule has 23 heavy (non-hydrogen) atoms. The van der Waals surface area contributed by atoms with Crippen molar-refractivity contribution in [3.8, 4) is 11.5 Å². The van der Waals surface area contributed by atoms with Crippen LogP contribution in [0.15, 0.2) is 29.3 Å². The van der Waals surface area contributed by atoms with Crippen LogP contribution in [0.4, 0.5) is 0 Å². The lowest BCUT2D eigenvalue weighted by Crippen LogP contribution is -2.17. The molecule has 0 fully saturated rings. The molecule has 124 valence electrons. The number of benzene rings is 1. The number of nitrogens with zero attached hydrogens (tertiary/aromatic N) is 2. The van der Waals surface area contributed by atoms with E-state index in [1.54, 1.807) is 17.9 Å². The minimum Gasteiger partial charge on any atom is -0.493 e. The third kappa shape index (κ3) is 4.14. The van der Waals surface area contributed by atoms with Gasteiger partial charge in [0.2, 0.25) is 4.77 Å². The van der Waals surface area contributed by atoms with E-state index in [1.807, 2.05) is 19.1 Å². The third-order valence-corrected chi connectivity index (χ3v) is 4.00. The smallest absolute Gasteiger partial charge is 0.214 e. The Hall–Kier alpha value is -1.80. The van der Waals surface area contributed by atoms with Gasteiger partial charge in [-0.3, -0.25) is 5.10 Å². The van der Waals surface area contributed by atoms with Gasteiger partial charge in [0, 0.05) is 6.42 Å². The number of halogens is 1.